The minimum atomic E-state index is -3.06. The number of amides is 1. The summed E-state index contributed by atoms with van der Waals surface area (Å²) >= 11 is 0. The molecular formula is C24H25F3N6O. The van der Waals surface area contributed by atoms with E-state index in [1.807, 2.05) is 12.1 Å². The van der Waals surface area contributed by atoms with Gasteiger partial charge in [-0.1, -0.05) is 30.3 Å². The summed E-state index contributed by atoms with van der Waals surface area (Å²) in [6, 6.07) is 11.7. The second kappa shape index (κ2) is 9.66. The summed E-state index contributed by atoms with van der Waals surface area (Å²) in [6.45, 7) is 1.26. The normalized spacial score (nSPS) is 13.5. The molecule has 1 amide bonds. The second-order valence-corrected chi connectivity index (χ2v) is 8.43. The quantitative estimate of drug-likeness (QED) is 0.466. The van der Waals surface area contributed by atoms with E-state index in [1.54, 1.807) is 23.1 Å². The van der Waals surface area contributed by atoms with E-state index in [0.29, 0.717) is 12.2 Å². The number of nitrogens with zero attached hydrogens (tertiary/aromatic N) is 4. The molecule has 2 heterocycles. The zero-order valence-corrected chi connectivity index (χ0v) is 18.6. The number of aromatic nitrogens is 3. The minimum Gasteiger partial charge on any atom is -0.369 e. The Balaban J connectivity index is 1.50. The van der Waals surface area contributed by atoms with Gasteiger partial charge in [0.15, 0.2) is 11.6 Å². The van der Waals surface area contributed by atoms with Crippen LogP contribution in [0.15, 0.2) is 48.8 Å². The SMILES string of the molecule is CC(F)(F)c1cccc(CN(c2ncnc(NCc3ccc(CC(N)=O)cc3)c2F)C2CC2)n1. The molecule has 1 aromatic carbocycles. The number of anilines is 2. The van der Waals surface area contributed by atoms with Crippen LogP contribution in [0, 0.1) is 5.82 Å². The number of rotatable bonds is 10. The summed E-state index contributed by atoms with van der Waals surface area (Å²) in [4.78, 5) is 25.0. The summed E-state index contributed by atoms with van der Waals surface area (Å²) < 4.78 is 42.8. The van der Waals surface area contributed by atoms with E-state index in [-0.39, 0.29) is 36.3 Å². The van der Waals surface area contributed by atoms with Gasteiger partial charge in [-0.3, -0.25) is 4.79 Å². The van der Waals surface area contributed by atoms with E-state index in [2.05, 4.69) is 20.3 Å². The van der Waals surface area contributed by atoms with Gasteiger partial charge in [-0.2, -0.15) is 13.2 Å². The lowest BCUT2D eigenvalue weighted by atomic mass is 10.1. The fourth-order valence-corrected chi connectivity index (χ4v) is 3.60. The number of primary amides is 1. The molecule has 1 aliphatic carbocycles. The van der Waals surface area contributed by atoms with Gasteiger partial charge in [0.1, 0.15) is 12.0 Å². The molecule has 0 saturated heterocycles. The zero-order valence-electron chi connectivity index (χ0n) is 18.6. The molecule has 0 unspecified atom stereocenters. The third kappa shape index (κ3) is 5.81. The molecule has 10 heteroatoms. The predicted octanol–water partition coefficient (Wildman–Crippen LogP) is 3.93. The van der Waals surface area contributed by atoms with Crippen LogP contribution in [0.5, 0.6) is 0 Å². The van der Waals surface area contributed by atoms with E-state index < -0.39 is 17.6 Å². The number of nitrogens with one attached hydrogen (secondary N) is 1. The van der Waals surface area contributed by atoms with Crippen LogP contribution in [0.4, 0.5) is 24.8 Å². The Hall–Kier alpha value is -3.69. The van der Waals surface area contributed by atoms with E-state index in [0.717, 1.165) is 30.9 Å². The van der Waals surface area contributed by atoms with Gasteiger partial charge in [0.25, 0.3) is 5.92 Å². The summed E-state index contributed by atoms with van der Waals surface area (Å²) in [6.07, 6.45) is 3.14. The molecule has 0 spiro atoms. The average Bonchev–Trinajstić information content (AvgIpc) is 3.63. The van der Waals surface area contributed by atoms with Crippen molar-refractivity contribution in [2.45, 2.75) is 51.2 Å². The monoisotopic (exact) mass is 470 g/mol. The Morgan fingerprint density at radius 1 is 1.15 bits per heavy atom. The third-order valence-corrected chi connectivity index (χ3v) is 5.48. The molecule has 0 atom stereocenters. The fraction of sp³-hybridized carbons (Fsp3) is 0.333. The number of hydrogen-bond donors (Lipinski definition) is 2. The van der Waals surface area contributed by atoms with Gasteiger partial charge in [0.05, 0.1) is 18.7 Å². The maximum absolute atomic E-state index is 15.4. The van der Waals surface area contributed by atoms with Crippen molar-refractivity contribution in [3.63, 3.8) is 0 Å². The summed E-state index contributed by atoms with van der Waals surface area (Å²) in [7, 11) is 0. The topological polar surface area (TPSA) is 97.0 Å². The molecule has 178 valence electrons. The largest absolute Gasteiger partial charge is 0.369 e. The van der Waals surface area contributed by atoms with E-state index in [9.17, 15) is 13.6 Å². The zero-order chi connectivity index (χ0) is 24.3. The van der Waals surface area contributed by atoms with Gasteiger partial charge in [-0.25, -0.2) is 15.0 Å². The number of pyridine rings is 1. The Bertz CT molecular complexity index is 1160. The van der Waals surface area contributed by atoms with Crippen molar-refractivity contribution in [3.8, 4) is 0 Å². The van der Waals surface area contributed by atoms with Crippen molar-refractivity contribution >= 4 is 17.5 Å². The molecule has 2 aromatic heterocycles. The minimum absolute atomic E-state index is 0.0404. The molecule has 34 heavy (non-hydrogen) atoms. The second-order valence-electron chi connectivity index (χ2n) is 8.43. The Morgan fingerprint density at radius 3 is 2.50 bits per heavy atom. The van der Waals surface area contributed by atoms with Crippen LogP contribution in [0.2, 0.25) is 0 Å². The van der Waals surface area contributed by atoms with Crippen LogP contribution < -0.4 is 16.0 Å². The first-order valence-corrected chi connectivity index (χ1v) is 10.9. The number of hydrogen-bond acceptors (Lipinski definition) is 6. The number of carbonyl (C=O) groups is 1. The Labute approximate surface area is 195 Å². The van der Waals surface area contributed by atoms with Crippen molar-refractivity contribution in [1.29, 1.82) is 0 Å². The molecule has 1 aliphatic rings. The third-order valence-electron chi connectivity index (χ3n) is 5.48. The molecule has 3 aromatic rings. The van der Waals surface area contributed by atoms with Crippen molar-refractivity contribution in [1.82, 2.24) is 15.0 Å². The maximum atomic E-state index is 15.4. The highest BCUT2D eigenvalue weighted by Gasteiger charge is 2.33. The first-order chi connectivity index (χ1) is 16.2. The van der Waals surface area contributed by atoms with Gasteiger partial charge in [0, 0.05) is 19.5 Å². The van der Waals surface area contributed by atoms with Gasteiger partial charge in [-0.15, -0.1) is 0 Å². The molecule has 4 rings (SSSR count). The van der Waals surface area contributed by atoms with Crippen LogP contribution in [0.1, 0.15) is 42.3 Å². The van der Waals surface area contributed by atoms with Gasteiger partial charge in [-0.05, 0) is 36.1 Å². The average molecular weight is 470 g/mol. The Morgan fingerprint density at radius 2 is 1.85 bits per heavy atom. The van der Waals surface area contributed by atoms with Crippen LogP contribution in [-0.4, -0.2) is 26.9 Å². The van der Waals surface area contributed by atoms with Crippen molar-refractivity contribution in [2.75, 3.05) is 10.2 Å². The molecule has 0 radical (unpaired) electrons. The van der Waals surface area contributed by atoms with Gasteiger partial charge >= 0.3 is 0 Å². The van der Waals surface area contributed by atoms with Crippen molar-refractivity contribution < 1.29 is 18.0 Å². The molecule has 0 aliphatic heterocycles. The van der Waals surface area contributed by atoms with Crippen molar-refractivity contribution in [2.24, 2.45) is 5.73 Å². The number of alkyl halides is 2. The highest BCUT2D eigenvalue weighted by atomic mass is 19.3. The summed E-state index contributed by atoms with van der Waals surface area (Å²) in [5, 5.41) is 2.98. The van der Waals surface area contributed by atoms with E-state index >= 15 is 4.39 Å². The van der Waals surface area contributed by atoms with Crippen LogP contribution in [-0.2, 0) is 30.2 Å². The van der Waals surface area contributed by atoms with Crippen LogP contribution in [0.3, 0.4) is 0 Å². The fourth-order valence-electron chi connectivity index (χ4n) is 3.60. The highest BCUT2D eigenvalue weighted by molar-refractivity contribution is 5.76. The maximum Gasteiger partial charge on any atom is 0.286 e. The van der Waals surface area contributed by atoms with Gasteiger partial charge in [0.2, 0.25) is 11.7 Å². The van der Waals surface area contributed by atoms with E-state index in [1.165, 1.54) is 18.5 Å². The van der Waals surface area contributed by atoms with Crippen LogP contribution in [0.25, 0.3) is 0 Å². The standard InChI is InChI=1S/C24H25F3N6O/c1-24(26,27)19-4-2-3-17(32-19)13-33(18-9-10-18)23-21(25)22(30-14-31-23)29-12-16-7-5-15(6-8-16)11-20(28)34/h2-8,14,18H,9-13H2,1H3,(H2,28,34)(H,29,30,31). The molecule has 7 nitrogen and oxygen atoms in total. The first-order valence-electron chi connectivity index (χ1n) is 10.9. The predicted molar refractivity (Wildman–Crippen MR) is 122 cm³/mol. The lowest BCUT2D eigenvalue weighted by molar-refractivity contribution is -0.117. The molecule has 1 saturated carbocycles. The number of halogens is 3. The first kappa shape index (κ1) is 23.5. The number of carbonyl (C=O) groups excluding carboxylic acids is 1. The molecular weight excluding hydrogens is 445 g/mol. The molecule has 3 N–H and O–H groups in total. The summed E-state index contributed by atoms with van der Waals surface area (Å²) in [5.41, 5.74) is 6.96. The molecule has 0 bridgehead atoms. The lowest BCUT2D eigenvalue weighted by Crippen LogP contribution is -2.28. The number of nitrogens with two attached hydrogens (primary N) is 1. The summed E-state index contributed by atoms with van der Waals surface area (Å²) in [5.74, 6) is -3.94. The molecule has 1 fully saturated rings. The number of benzene rings is 1. The van der Waals surface area contributed by atoms with Gasteiger partial charge < -0.3 is 16.0 Å². The van der Waals surface area contributed by atoms with Crippen LogP contribution >= 0.6 is 0 Å². The smallest absolute Gasteiger partial charge is 0.286 e. The van der Waals surface area contributed by atoms with Crippen molar-refractivity contribution in [3.05, 3.63) is 77.1 Å². The Kier molecular flexibility index (Phi) is 6.67. The van der Waals surface area contributed by atoms with E-state index in [4.69, 9.17) is 5.73 Å². The lowest BCUT2D eigenvalue weighted by Gasteiger charge is -2.24. The highest BCUT2D eigenvalue weighted by Crippen LogP contribution is 2.35.